The van der Waals surface area contributed by atoms with Crippen LogP contribution in [0.1, 0.15) is 65.1 Å². The summed E-state index contributed by atoms with van der Waals surface area (Å²) in [6.45, 7) is 4.44. The van der Waals surface area contributed by atoms with Crippen molar-refractivity contribution in [3.8, 4) is 16.9 Å². The van der Waals surface area contributed by atoms with E-state index in [-0.39, 0.29) is 23.8 Å². The highest BCUT2D eigenvalue weighted by molar-refractivity contribution is 7.21. The summed E-state index contributed by atoms with van der Waals surface area (Å²) in [5, 5.41) is 1.42. The van der Waals surface area contributed by atoms with Gasteiger partial charge in [-0.05, 0) is 80.6 Å². The van der Waals surface area contributed by atoms with Crippen LogP contribution in [0.2, 0.25) is 5.02 Å². The van der Waals surface area contributed by atoms with Gasteiger partial charge in [0.1, 0.15) is 10.6 Å². The van der Waals surface area contributed by atoms with Crippen molar-refractivity contribution in [1.82, 2.24) is 9.32 Å². The van der Waals surface area contributed by atoms with Crippen LogP contribution in [0.25, 0.3) is 21.2 Å². The second-order valence-corrected chi connectivity index (χ2v) is 12.5. The van der Waals surface area contributed by atoms with Crippen LogP contribution in [0, 0.1) is 0 Å². The van der Waals surface area contributed by atoms with Crippen LogP contribution >= 0.6 is 34.7 Å². The minimum atomic E-state index is -0.0578. The van der Waals surface area contributed by atoms with E-state index in [0.29, 0.717) is 28.6 Å². The van der Waals surface area contributed by atoms with Crippen molar-refractivity contribution in [2.45, 2.75) is 58.2 Å². The fourth-order valence-electron chi connectivity index (χ4n) is 5.63. The molecule has 0 unspecified atom stereocenters. The lowest BCUT2D eigenvalue weighted by Crippen LogP contribution is -2.44. The average Bonchev–Trinajstić information content (AvgIpc) is 3.32. The predicted octanol–water partition coefficient (Wildman–Crippen LogP) is 8.86. The summed E-state index contributed by atoms with van der Waals surface area (Å²) in [7, 11) is 1.90. The summed E-state index contributed by atoms with van der Waals surface area (Å²) in [4.78, 5) is 28.7. The molecule has 0 bridgehead atoms. The van der Waals surface area contributed by atoms with Crippen LogP contribution in [0.15, 0.2) is 66.7 Å². The Morgan fingerprint density at radius 1 is 0.951 bits per heavy atom. The molecule has 5 nitrogen and oxygen atoms in total. The van der Waals surface area contributed by atoms with E-state index < -0.39 is 0 Å². The molecule has 1 aromatic heterocycles. The van der Waals surface area contributed by atoms with Crippen molar-refractivity contribution in [3.05, 3.63) is 87.8 Å². The fraction of sp³-hybridized carbons (Fsp3) is 0.333. The molecule has 0 saturated heterocycles. The average molecular weight is 610 g/mol. The number of ketones is 1. The lowest BCUT2D eigenvalue weighted by Gasteiger charge is -2.38. The predicted molar refractivity (Wildman–Crippen MR) is 169 cm³/mol. The molecule has 0 spiro atoms. The molecule has 1 fully saturated rings. The van der Waals surface area contributed by atoms with Crippen LogP contribution < -0.4 is 4.74 Å². The van der Waals surface area contributed by atoms with Crippen LogP contribution in [-0.4, -0.2) is 46.7 Å². The maximum Gasteiger partial charge on any atom is 0.266 e. The number of hydrogen-bond acceptors (Lipinski definition) is 5. The molecule has 0 radical (unpaired) electrons. The first kappa shape index (κ1) is 29.6. The third kappa shape index (κ3) is 6.46. The van der Waals surface area contributed by atoms with Crippen LogP contribution in [0.5, 0.6) is 5.75 Å². The van der Waals surface area contributed by atoms with Gasteiger partial charge in [-0.2, -0.15) is 0 Å². The topological polar surface area (TPSA) is 49.9 Å². The summed E-state index contributed by atoms with van der Waals surface area (Å²) in [5.74, 6) is 0.733. The van der Waals surface area contributed by atoms with Crippen molar-refractivity contribution < 1.29 is 14.3 Å². The molecule has 1 amide bonds. The lowest BCUT2D eigenvalue weighted by atomic mass is 9.89. The van der Waals surface area contributed by atoms with Crippen molar-refractivity contribution in [2.24, 2.45) is 0 Å². The van der Waals surface area contributed by atoms with Gasteiger partial charge in [-0.15, -0.1) is 11.3 Å². The summed E-state index contributed by atoms with van der Waals surface area (Å²) in [6.07, 6.45) is 3.53. The monoisotopic (exact) mass is 608 g/mol. The zero-order valence-corrected chi connectivity index (χ0v) is 25.9. The Labute approximate surface area is 255 Å². The summed E-state index contributed by atoms with van der Waals surface area (Å²) in [5.41, 5.74) is 3.60. The maximum absolute atomic E-state index is 14.3. The van der Waals surface area contributed by atoms with Crippen molar-refractivity contribution in [1.29, 1.82) is 0 Å². The minimum absolute atomic E-state index is 0.0352. The van der Waals surface area contributed by atoms with E-state index in [1.165, 1.54) is 11.3 Å². The molecule has 1 aliphatic carbocycles. The molecule has 0 aliphatic heterocycles. The smallest absolute Gasteiger partial charge is 0.266 e. The molecular weight excluding hydrogens is 575 g/mol. The number of Topliss-reactive ketones (excluding diaryl/α,β-unsaturated/α-hetero) is 1. The molecule has 0 N–H and O–H groups in total. The molecule has 1 aliphatic rings. The molecule has 41 heavy (non-hydrogen) atoms. The highest BCUT2D eigenvalue weighted by atomic mass is 35.5. The number of fused-ring (bicyclic) bond motifs is 1. The third-order valence-electron chi connectivity index (χ3n) is 7.93. The highest BCUT2D eigenvalue weighted by Gasteiger charge is 2.33. The number of hydrogen-bond donors (Lipinski definition) is 0. The van der Waals surface area contributed by atoms with Crippen molar-refractivity contribution >= 4 is 56.5 Å². The van der Waals surface area contributed by atoms with Crippen molar-refractivity contribution in [3.63, 3.8) is 0 Å². The first-order valence-corrected chi connectivity index (χ1v) is 15.5. The number of halogens is 2. The van der Waals surface area contributed by atoms with Gasteiger partial charge in [-0.3, -0.25) is 9.59 Å². The molecule has 1 heterocycles. The summed E-state index contributed by atoms with van der Waals surface area (Å²) < 4.78 is 8.80. The SMILES string of the molecule is CCOc1ccc(-c2ccc(C(C)=O)cc2)cc1CN(C(=O)c1sc2ccccc2c1Cl)C1CCC(N(C)Cl)CC1. The molecule has 8 heteroatoms. The van der Waals surface area contributed by atoms with E-state index >= 15 is 0 Å². The van der Waals surface area contributed by atoms with E-state index in [1.54, 1.807) is 11.3 Å². The number of benzene rings is 3. The lowest BCUT2D eigenvalue weighted by molar-refractivity contribution is 0.0588. The number of rotatable bonds is 9. The van der Waals surface area contributed by atoms with Crippen LogP contribution in [-0.2, 0) is 6.54 Å². The Balaban J connectivity index is 1.52. The molecule has 3 aromatic carbocycles. The number of amides is 1. The molecule has 5 rings (SSSR count). The van der Waals surface area contributed by atoms with Gasteiger partial charge in [0.15, 0.2) is 5.78 Å². The van der Waals surface area contributed by atoms with Gasteiger partial charge in [-0.1, -0.05) is 60.1 Å². The van der Waals surface area contributed by atoms with Gasteiger partial charge in [0, 0.05) is 46.9 Å². The van der Waals surface area contributed by atoms with E-state index in [0.717, 1.165) is 58.2 Å². The highest BCUT2D eigenvalue weighted by Crippen LogP contribution is 2.39. The van der Waals surface area contributed by atoms with Gasteiger partial charge in [0.25, 0.3) is 5.91 Å². The number of carbonyl (C=O) groups is 2. The number of thiophene rings is 1. The molecular formula is C33H34Cl2N2O3S. The first-order chi connectivity index (χ1) is 19.8. The van der Waals surface area contributed by atoms with Gasteiger partial charge < -0.3 is 9.64 Å². The zero-order chi connectivity index (χ0) is 29.1. The fourth-order valence-corrected chi connectivity index (χ4v) is 7.30. The van der Waals surface area contributed by atoms with Gasteiger partial charge in [-0.25, -0.2) is 4.42 Å². The van der Waals surface area contributed by atoms with Crippen LogP contribution in [0.4, 0.5) is 0 Å². The summed E-state index contributed by atoms with van der Waals surface area (Å²) in [6, 6.07) is 21.9. The molecule has 0 atom stereocenters. The second kappa shape index (κ2) is 13.0. The Kier molecular flexibility index (Phi) is 9.35. The largest absolute Gasteiger partial charge is 0.494 e. The maximum atomic E-state index is 14.3. The van der Waals surface area contributed by atoms with Gasteiger partial charge in [0.2, 0.25) is 0 Å². The zero-order valence-electron chi connectivity index (χ0n) is 23.5. The van der Waals surface area contributed by atoms with Gasteiger partial charge in [0.05, 0.1) is 11.6 Å². The second-order valence-electron chi connectivity index (χ2n) is 10.6. The van der Waals surface area contributed by atoms with E-state index in [1.807, 2.05) is 79.5 Å². The molecule has 1 saturated carbocycles. The van der Waals surface area contributed by atoms with Crippen LogP contribution in [0.3, 0.4) is 0 Å². The van der Waals surface area contributed by atoms with E-state index in [9.17, 15) is 9.59 Å². The number of ether oxygens (including phenoxy) is 1. The Morgan fingerprint density at radius 2 is 1.61 bits per heavy atom. The standard InChI is InChI=1S/C33H34Cl2N2O3S/c1-4-40-29-18-13-24(23-11-9-22(10-12-23)21(2)38)19-25(29)20-37(27-16-14-26(15-17-27)36(3)35)33(39)32-31(34)28-7-5-6-8-30(28)41-32/h5-13,18-19,26-27H,4,14-17,20H2,1-3H3. The quantitative estimate of drug-likeness (QED) is 0.141. The van der Waals surface area contributed by atoms with E-state index in [4.69, 9.17) is 28.1 Å². The normalized spacial score (nSPS) is 17.1. The number of carbonyl (C=O) groups excluding carboxylic acids is 2. The van der Waals surface area contributed by atoms with Gasteiger partial charge >= 0.3 is 0 Å². The summed E-state index contributed by atoms with van der Waals surface area (Å²) >= 11 is 14.6. The molecule has 214 valence electrons. The Morgan fingerprint density at radius 3 is 2.24 bits per heavy atom. The van der Waals surface area contributed by atoms with E-state index in [2.05, 4.69) is 6.07 Å². The Hall–Kier alpha value is -2.90. The third-order valence-corrected chi connectivity index (χ3v) is 9.87. The number of nitrogens with zero attached hydrogens (tertiary/aromatic N) is 2. The van der Waals surface area contributed by atoms with Crippen molar-refractivity contribution in [2.75, 3.05) is 13.7 Å². The Bertz CT molecular complexity index is 1540. The minimum Gasteiger partial charge on any atom is -0.494 e. The first-order valence-electron chi connectivity index (χ1n) is 14.0. The molecule has 4 aromatic rings.